The summed E-state index contributed by atoms with van der Waals surface area (Å²) in [5.41, 5.74) is 0. The lowest BCUT2D eigenvalue weighted by Gasteiger charge is -2.18. The van der Waals surface area contributed by atoms with Gasteiger partial charge < -0.3 is 14.2 Å². The number of hydrogen-bond acceptors (Lipinski definition) is 5. The number of allylic oxidation sites excluding steroid dienone is 10. The second-order valence-electron chi connectivity index (χ2n) is 14.2. The molecule has 0 aromatic carbocycles. The molecule has 0 N–H and O–H groups in total. The molecule has 0 aromatic heterocycles. The Labute approximate surface area is 322 Å². The zero-order valence-corrected chi connectivity index (χ0v) is 34.3. The van der Waals surface area contributed by atoms with Gasteiger partial charge in [0, 0.05) is 19.4 Å². The third kappa shape index (κ3) is 40.4. The van der Waals surface area contributed by atoms with Crippen LogP contribution in [0.1, 0.15) is 201 Å². The summed E-state index contributed by atoms with van der Waals surface area (Å²) in [6, 6.07) is 0. The highest BCUT2D eigenvalue weighted by Crippen LogP contribution is 2.12. The highest BCUT2D eigenvalue weighted by Gasteiger charge is 2.17. The van der Waals surface area contributed by atoms with Crippen molar-refractivity contribution in [1.29, 1.82) is 0 Å². The van der Waals surface area contributed by atoms with Crippen LogP contribution in [0.4, 0.5) is 0 Å². The number of unbranched alkanes of at least 4 members (excludes halogenated alkanes) is 18. The van der Waals surface area contributed by atoms with Gasteiger partial charge in [0.05, 0.1) is 6.61 Å². The molecule has 0 aliphatic rings. The molecule has 0 radical (unpaired) electrons. The van der Waals surface area contributed by atoms with E-state index in [0.717, 1.165) is 83.5 Å². The van der Waals surface area contributed by atoms with Crippen LogP contribution in [0.5, 0.6) is 0 Å². The Balaban J connectivity index is 4.09. The molecule has 0 bridgehead atoms. The lowest BCUT2D eigenvalue weighted by molar-refractivity contribution is -0.163. The van der Waals surface area contributed by atoms with Crippen LogP contribution in [0.15, 0.2) is 60.8 Å². The molecule has 0 rings (SSSR count). The van der Waals surface area contributed by atoms with Crippen LogP contribution >= 0.6 is 0 Å². The van der Waals surface area contributed by atoms with Gasteiger partial charge in [0.25, 0.3) is 0 Å². The van der Waals surface area contributed by atoms with Crippen LogP contribution in [0.25, 0.3) is 0 Å². The molecule has 0 aromatic rings. The summed E-state index contributed by atoms with van der Waals surface area (Å²) < 4.78 is 17.2. The number of hydrogen-bond donors (Lipinski definition) is 0. The first-order valence-electron chi connectivity index (χ1n) is 21.8. The molecule has 0 aliphatic heterocycles. The fourth-order valence-corrected chi connectivity index (χ4v) is 5.80. The summed E-state index contributed by atoms with van der Waals surface area (Å²) in [5, 5.41) is 0. The fraction of sp³-hybridized carbons (Fsp3) is 0.745. The molecule has 0 fully saturated rings. The van der Waals surface area contributed by atoms with E-state index in [0.29, 0.717) is 19.4 Å². The van der Waals surface area contributed by atoms with Gasteiger partial charge in [-0.1, -0.05) is 171 Å². The number of carbonyl (C=O) groups is 2. The van der Waals surface area contributed by atoms with Crippen LogP contribution in [0.2, 0.25) is 0 Å². The minimum atomic E-state index is -0.540. The number of carbonyl (C=O) groups excluding carboxylic acids is 2. The second-order valence-corrected chi connectivity index (χ2v) is 14.2. The summed E-state index contributed by atoms with van der Waals surface area (Å²) in [4.78, 5) is 25.0. The quantitative estimate of drug-likeness (QED) is 0.0358. The highest BCUT2D eigenvalue weighted by molar-refractivity contribution is 5.70. The van der Waals surface area contributed by atoms with Gasteiger partial charge in [-0.2, -0.15) is 0 Å². The summed E-state index contributed by atoms with van der Waals surface area (Å²) in [6.07, 6.45) is 52.4. The Morgan fingerprint density at radius 3 is 1.46 bits per heavy atom. The molecule has 0 saturated carbocycles. The van der Waals surface area contributed by atoms with Gasteiger partial charge in [-0.3, -0.25) is 9.59 Å². The molecule has 52 heavy (non-hydrogen) atoms. The van der Waals surface area contributed by atoms with Crippen molar-refractivity contribution in [2.24, 2.45) is 0 Å². The maximum absolute atomic E-state index is 12.5. The molecular weight excluding hydrogens is 645 g/mol. The molecule has 0 saturated heterocycles. The predicted molar refractivity (Wildman–Crippen MR) is 224 cm³/mol. The predicted octanol–water partition coefficient (Wildman–Crippen LogP) is 14.2. The van der Waals surface area contributed by atoms with E-state index >= 15 is 0 Å². The SMILES string of the molecule is CC/C=C\C/C=C\C/C=C\CCCCCCCCCCOCC(COC(=O)CCCCCCC/C=C\C/C=C\CCC)OC(=O)CCCCCCC. The van der Waals surface area contributed by atoms with Gasteiger partial charge >= 0.3 is 11.9 Å². The summed E-state index contributed by atoms with van der Waals surface area (Å²) >= 11 is 0. The van der Waals surface area contributed by atoms with Crippen molar-refractivity contribution in [3.63, 3.8) is 0 Å². The lowest BCUT2D eigenvalue weighted by atomic mass is 10.1. The topological polar surface area (TPSA) is 61.8 Å². The van der Waals surface area contributed by atoms with Crippen LogP contribution < -0.4 is 0 Å². The fourth-order valence-electron chi connectivity index (χ4n) is 5.80. The molecular formula is C47H82O5. The zero-order valence-electron chi connectivity index (χ0n) is 34.3. The Morgan fingerprint density at radius 1 is 0.442 bits per heavy atom. The number of esters is 2. The van der Waals surface area contributed by atoms with E-state index < -0.39 is 6.10 Å². The first-order valence-corrected chi connectivity index (χ1v) is 21.8. The zero-order chi connectivity index (χ0) is 37.8. The van der Waals surface area contributed by atoms with Crippen molar-refractivity contribution in [3.8, 4) is 0 Å². The first-order chi connectivity index (χ1) is 25.6. The molecule has 0 amide bonds. The van der Waals surface area contributed by atoms with Gasteiger partial charge in [0.2, 0.25) is 0 Å². The Bertz CT molecular complexity index is 915. The first kappa shape index (κ1) is 49.6. The van der Waals surface area contributed by atoms with E-state index in [1.54, 1.807) is 0 Å². The third-order valence-electron chi connectivity index (χ3n) is 9.02. The van der Waals surface area contributed by atoms with Crippen LogP contribution in [0.3, 0.4) is 0 Å². The summed E-state index contributed by atoms with van der Waals surface area (Å²) in [7, 11) is 0. The summed E-state index contributed by atoms with van der Waals surface area (Å²) in [5.74, 6) is -0.432. The van der Waals surface area contributed by atoms with E-state index in [1.807, 2.05) is 0 Å². The average molecular weight is 727 g/mol. The van der Waals surface area contributed by atoms with Gasteiger partial charge in [0.15, 0.2) is 6.10 Å². The molecule has 0 heterocycles. The Morgan fingerprint density at radius 2 is 0.904 bits per heavy atom. The van der Waals surface area contributed by atoms with E-state index in [9.17, 15) is 9.59 Å². The van der Waals surface area contributed by atoms with E-state index in [-0.39, 0.29) is 25.2 Å². The molecule has 1 atom stereocenters. The van der Waals surface area contributed by atoms with Crippen molar-refractivity contribution in [2.45, 2.75) is 207 Å². The van der Waals surface area contributed by atoms with Crippen LogP contribution in [-0.2, 0) is 23.8 Å². The van der Waals surface area contributed by atoms with Crippen molar-refractivity contribution >= 4 is 11.9 Å². The van der Waals surface area contributed by atoms with Crippen molar-refractivity contribution in [2.75, 3.05) is 19.8 Å². The molecule has 1 unspecified atom stereocenters. The van der Waals surface area contributed by atoms with Gasteiger partial charge in [0.1, 0.15) is 6.61 Å². The molecule has 5 heteroatoms. The molecule has 0 spiro atoms. The minimum absolute atomic E-state index is 0.0736. The number of rotatable bonds is 39. The lowest BCUT2D eigenvalue weighted by Crippen LogP contribution is -2.30. The normalized spacial score (nSPS) is 12.8. The third-order valence-corrected chi connectivity index (χ3v) is 9.02. The maximum Gasteiger partial charge on any atom is 0.306 e. The average Bonchev–Trinajstić information content (AvgIpc) is 3.14. The van der Waals surface area contributed by atoms with Crippen molar-refractivity contribution < 1.29 is 23.8 Å². The monoisotopic (exact) mass is 727 g/mol. The smallest absolute Gasteiger partial charge is 0.306 e. The Hall–Kier alpha value is -2.40. The number of ether oxygens (including phenoxy) is 3. The van der Waals surface area contributed by atoms with Crippen LogP contribution in [-0.4, -0.2) is 37.9 Å². The van der Waals surface area contributed by atoms with E-state index in [2.05, 4.69) is 81.5 Å². The summed E-state index contributed by atoms with van der Waals surface area (Å²) in [6.45, 7) is 7.54. The van der Waals surface area contributed by atoms with Crippen molar-refractivity contribution in [3.05, 3.63) is 60.8 Å². The van der Waals surface area contributed by atoms with Gasteiger partial charge in [-0.15, -0.1) is 0 Å². The molecule has 5 nitrogen and oxygen atoms in total. The largest absolute Gasteiger partial charge is 0.462 e. The van der Waals surface area contributed by atoms with Gasteiger partial charge in [-0.05, 0) is 77.0 Å². The van der Waals surface area contributed by atoms with E-state index in [4.69, 9.17) is 14.2 Å². The Kier molecular flexibility index (Phi) is 41.0. The second kappa shape index (κ2) is 43.0. The van der Waals surface area contributed by atoms with E-state index in [1.165, 1.54) is 83.5 Å². The standard InChI is InChI=1S/C47H82O5/c1-4-7-10-13-15-17-19-21-22-23-24-25-27-29-31-33-36-39-42-50-43-45(52-47(49)41-38-34-12-9-6-3)44-51-46(48)40-37-35-32-30-28-26-20-18-16-14-11-8-5-2/h7,10-11,14-15,17-18,20-22,45H,4-6,8-9,12-13,16,19,23-44H2,1-3H3/b10-7-,14-11-,17-15-,20-18-,22-21-. The molecule has 0 aliphatic carbocycles. The highest BCUT2D eigenvalue weighted by atomic mass is 16.6. The van der Waals surface area contributed by atoms with Gasteiger partial charge in [-0.25, -0.2) is 0 Å². The maximum atomic E-state index is 12.5. The minimum Gasteiger partial charge on any atom is -0.462 e. The molecule has 300 valence electrons. The van der Waals surface area contributed by atoms with Crippen LogP contribution in [0, 0.1) is 0 Å². The van der Waals surface area contributed by atoms with Crippen molar-refractivity contribution in [1.82, 2.24) is 0 Å².